The highest BCUT2D eigenvalue weighted by Crippen LogP contribution is 2.28. The quantitative estimate of drug-likeness (QED) is 0.894. The molecule has 128 valence electrons. The minimum absolute atomic E-state index is 0.00417. The molecule has 1 heterocycles. The van der Waals surface area contributed by atoms with Crippen LogP contribution in [0.4, 0.5) is 4.79 Å². The molecule has 0 saturated carbocycles. The second-order valence-electron chi connectivity index (χ2n) is 5.63. The summed E-state index contributed by atoms with van der Waals surface area (Å²) < 4.78 is 0. The molecule has 1 aliphatic rings. The summed E-state index contributed by atoms with van der Waals surface area (Å²) >= 11 is 0. The van der Waals surface area contributed by atoms with Crippen LogP contribution < -0.4 is 5.73 Å². The van der Waals surface area contributed by atoms with Gasteiger partial charge < -0.3 is 10.8 Å². The first-order valence-electron chi connectivity index (χ1n) is 8.17. The van der Waals surface area contributed by atoms with Gasteiger partial charge in [0.2, 0.25) is 0 Å². The third-order valence-corrected chi connectivity index (χ3v) is 3.77. The molecule has 5 heteroatoms. The number of amides is 1. The molecule has 1 fully saturated rings. The van der Waals surface area contributed by atoms with Crippen molar-refractivity contribution in [3.05, 3.63) is 71.8 Å². The van der Waals surface area contributed by atoms with Crippen LogP contribution in [0.15, 0.2) is 60.7 Å². The summed E-state index contributed by atoms with van der Waals surface area (Å²) in [5, 5.41) is 9.33. The van der Waals surface area contributed by atoms with Crippen molar-refractivity contribution < 1.29 is 14.7 Å². The van der Waals surface area contributed by atoms with E-state index in [0.717, 1.165) is 13.1 Å². The first kappa shape index (κ1) is 18.0. The van der Waals surface area contributed by atoms with E-state index in [1.54, 1.807) is 0 Å². The lowest BCUT2D eigenvalue weighted by molar-refractivity contribution is -0.196. The Morgan fingerprint density at radius 1 is 0.917 bits per heavy atom. The normalized spacial score (nSPS) is 14.7. The van der Waals surface area contributed by atoms with Gasteiger partial charge in [0.05, 0.1) is 0 Å². The molecule has 0 aromatic heterocycles. The first-order chi connectivity index (χ1) is 11.7. The van der Waals surface area contributed by atoms with E-state index >= 15 is 0 Å². The Morgan fingerprint density at radius 3 is 1.75 bits per heavy atom. The van der Waals surface area contributed by atoms with Gasteiger partial charge in [-0.2, -0.15) is 5.06 Å². The largest absolute Gasteiger partial charge is 0.465 e. The fourth-order valence-corrected chi connectivity index (χ4v) is 2.69. The van der Waals surface area contributed by atoms with Crippen molar-refractivity contribution in [2.24, 2.45) is 5.73 Å². The van der Waals surface area contributed by atoms with Gasteiger partial charge in [-0.05, 0) is 24.0 Å². The van der Waals surface area contributed by atoms with E-state index in [0.29, 0.717) is 0 Å². The van der Waals surface area contributed by atoms with Crippen molar-refractivity contribution >= 4 is 6.09 Å². The molecule has 0 aliphatic carbocycles. The van der Waals surface area contributed by atoms with Crippen LogP contribution in [0.1, 0.15) is 36.5 Å². The average Bonchev–Trinajstić information content (AvgIpc) is 2.62. The third-order valence-electron chi connectivity index (χ3n) is 3.77. The second kappa shape index (κ2) is 9.70. The molecule has 0 radical (unpaired) electrons. The van der Waals surface area contributed by atoms with Crippen molar-refractivity contribution in [1.29, 1.82) is 0 Å². The number of rotatable bonds is 4. The van der Waals surface area contributed by atoms with Crippen molar-refractivity contribution in [3.8, 4) is 0 Å². The summed E-state index contributed by atoms with van der Waals surface area (Å²) in [7, 11) is 0. The Bertz CT molecular complexity index is 555. The number of primary amides is 1. The van der Waals surface area contributed by atoms with E-state index in [2.05, 4.69) is 59.3 Å². The summed E-state index contributed by atoms with van der Waals surface area (Å²) in [4.78, 5) is 15.1. The van der Waals surface area contributed by atoms with E-state index in [4.69, 9.17) is 14.7 Å². The highest BCUT2D eigenvalue weighted by molar-refractivity contribution is 5.61. The lowest BCUT2D eigenvalue weighted by Crippen LogP contribution is -2.31. The van der Waals surface area contributed by atoms with Crippen LogP contribution in [-0.2, 0) is 4.84 Å². The maximum atomic E-state index is 8.78. The SMILES string of the molecule is NC(=O)O.c1ccc(C(ON2CCCCC2)c2ccccc2)cc1. The zero-order valence-electron chi connectivity index (χ0n) is 13.7. The number of hydrogen-bond donors (Lipinski definition) is 2. The smallest absolute Gasteiger partial charge is 0.402 e. The van der Waals surface area contributed by atoms with Gasteiger partial charge in [0.1, 0.15) is 6.10 Å². The van der Waals surface area contributed by atoms with E-state index in [-0.39, 0.29) is 6.10 Å². The number of nitrogens with two attached hydrogens (primary N) is 1. The second-order valence-corrected chi connectivity index (χ2v) is 5.63. The lowest BCUT2D eigenvalue weighted by atomic mass is 10.0. The zero-order chi connectivity index (χ0) is 17.2. The minimum atomic E-state index is -1.33. The topological polar surface area (TPSA) is 75.8 Å². The van der Waals surface area contributed by atoms with Gasteiger partial charge >= 0.3 is 6.09 Å². The molecule has 0 spiro atoms. The molecule has 3 N–H and O–H groups in total. The predicted molar refractivity (Wildman–Crippen MR) is 93.4 cm³/mol. The number of carboxylic acid groups (broad SMARTS) is 1. The molecule has 2 aromatic carbocycles. The molecular weight excluding hydrogens is 304 g/mol. The Labute approximate surface area is 142 Å². The van der Waals surface area contributed by atoms with Crippen LogP contribution in [0, 0.1) is 0 Å². The van der Waals surface area contributed by atoms with Crippen LogP contribution in [-0.4, -0.2) is 29.4 Å². The first-order valence-corrected chi connectivity index (χ1v) is 8.17. The standard InChI is InChI=1S/C18H21NO.CH3NO2/c1-4-10-16(11-5-1)18(17-12-6-2-7-13-17)20-19-14-8-3-9-15-19;2-1(3)4/h1-2,4-7,10-13,18H,3,8-9,14-15H2;2H2,(H,3,4). The Balaban J connectivity index is 0.000000471. The summed E-state index contributed by atoms with van der Waals surface area (Å²) in [5.74, 6) is 0. The highest BCUT2D eigenvalue weighted by atomic mass is 16.7. The van der Waals surface area contributed by atoms with Crippen molar-refractivity contribution in [3.63, 3.8) is 0 Å². The summed E-state index contributed by atoms with van der Waals surface area (Å²) in [5.41, 5.74) is 6.45. The van der Waals surface area contributed by atoms with Crippen molar-refractivity contribution in [2.45, 2.75) is 25.4 Å². The molecular formula is C19H24N2O3. The summed E-state index contributed by atoms with van der Waals surface area (Å²) in [6.45, 7) is 2.08. The van der Waals surface area contributed by atoms with Crippen LogP contribution >= 0.6 is 0 Å². The van der Waals surface area contributed by atoms with E-state index < -0.39 is 6.09 Å². The third kappa shape index (κ3) is 6.02. The van der Waals surface area contributed by atoms with Gasteiger partial charge in [-0.1, -0.05) is 67.1 Å². The van der Waals surface area contributed by atoms with Crippen molar-refractivity contribution in [1.82, 2.24) is 5.06 Å². The lowest BCUT2D eigenvalue weighted by Gasteiger charge is -2.30. The van der Waals surface area contributed by atoms with Crippen molar-refractivity contribution in [2.75, 3.05) is 13.1 Å². The Morgan fingerprint density at radius 2 is 1.33 bits per heavy atom. The number of hydroxylamine groups is 2. The molecule has 2 aromatic rings. The zero-order valence-corrected chi connectivity index (χ0v) is 13.7. The number of carbonyl (C=O) groups is 1. The molecule has 5 nitrogen and oxygen atoms in total. The van der Waals surface area contributed by atoms with Crippen LogP contribution in [0.25, 0.3) is 0 Å². The average molecular weight is 328 g/mol. The van der Waals surface area contributed by atoms with Gasteiger partial charge in [0, 0.05) is 13.1 Å². The maximum Gasteiger partial charge on any atom is 0.402 e. The van der Waals surface area contributed by atoms with Gasteiger partial charge in [0.15, 0.2) is 0 Å². The molecule has 0 unspecified atom stereocenters. The molecule has 24 heavy (non-hydrogen) atoms. The predicted octanol–water partition coefficient (Wildman–Crippen LogP) is 3.82. The van der Waals surface area contributed by atoms with Crippen LogP contribution in [0.2, 0.25) is 0 Å². The maximum absolute atomic E-state index is 8.78. The summed E-state index contributed by atoms with van der Waals surface area (Å²) in [6, 6.07) is 21.0. The van der Waals surface area contributed by atoms with Gasteiger partial charge in [-0.3, -0.25) is 4.84 Å². The van der Waals surface area contributed by atoms with E-state index in [1.807, 2.05) is 12.1 Å². The number of hydrogen-bond acceptors (Lipinski definition) is 3. The Kier molecular flexibility index (Phi) is 7.26. The Hall–Kier alpha value is -2.37. The van der Waals surface area contributed by atoms with Crippen LogP contribution in [0.5, 0.6) is 0 Å². The number of piperidine rings is 1. The fraction of sp³-hybridized carbons (Fsp3) is 0.316. The van der Waals surface area contributed by atoms with Gasteiger partial charge in [-0.25, -0.2) is 4.79 Å². The monoisotopic (exact) mass is 328 g/mol. The molecule has 3 rings (SSSR count). The fourth-order valence-electron chi connectivity index (χ4n) is 2.69. The summed E-state index contributed by atoms with van der Waals surface area (Å²) in [6.07, 6.45) is 2.45. The van der Waals surface area contributed by atoms with Gasteiger partial charge in [-0.15, -0.1) is 0 Å². The molecule has 1 saturated heterocycles. The van der Waals surface area contributed by atoms with E-state index in [1.165, 1.54) is 30.4 Å². The molecule has 0 bridgehead atoms. The van der Waals surface area contributed by atoms with Gasteiger partial charge in [0.25, 0.3) is 0 Å². The molecule has 0 atom stereocenters. The molecule has 1 aliphatic heterocycles. The minimum Gasteiger partial charge on any atom is -0.465 e. The highest BCUT2D eigenvalue weighted by Gasteiger charge is 2.20. The van der Waals surface area contributed by atoms with Crippen LogP contribution in [0.3, 0.4) is 0 Å². The number of nitrogens with zero attached hydrogens (tertiary/aromatic N) is 1. The van der Waals surface area contributed by atoms with E-state index in [9.17, 15) is 0 Å². The number of benzene rings is 2. The molecule has 1 amide bonds.